The summed E-state index contributed by atoms with van der Waals surface area (Å²) < 4.78 is 5.36. The van der Waals surface area contributed by atoms with Crippen molar-refractivity contribution in [2.45, 2.75) is 32.9 Å². The van der Waals surface area contributed by atoms with Crippen LogP contribution in [0.3, 0.4) is 0 Å². The fourth-order valence-electron chi connectivity index (χ4n) is 2.59. The molecule has 1 aromatic heterocycles. The molecule has 1 aliphatic heterocycles. The number of hydrogen-bond acceptors (Lipinski definition) is 5. The molecule has 0 bridgehead atoms. The maximum absolute atomic E-state index is 11.3. The maximum Gasteiger partial charge on any atom is 0.310 e. The zero-order valence-corrected chi connectivity index (χ0v) is 12.0. The number of rotatable bonds is 6. The second kappa shape index (κ2) is 6.76. The Hall–Kier alpha value is -1.53. The lowest BCUT2D eigenvalue weighted by Gasteiger charge is -2.29. The van der Waals surface area contributed by atoms with Gasteiger partial charge in [0.15, 0.2) is 0 Å². The summed E-state index contributed by atoms with van der Waals surface area (Å²) in [4.78, 5) is 21.9. The Labute approximate surface area is 118 Å². The molecular formula is C14H21N3O3. The van der Waals surface area contributed by atoms with Gasteiger partial charge in [-0.05, 0) is 26.0 Å². The van der Waals surface area contributed by atoms with Crippen molar-refractivity contribution in [1.29, 1.82) is 0 Å². The number of carboxylic acid groups (broad SMARTS) is 1. The molecule has 2 rings (SSSR count). The van der Waals surface area contributed by atoms with Gasteiger partial charge in [0.25, 0.3) is 0 Å². The molecule has 0 radical (unpaired) electrons. The average Bonchev–Trinajstić information content (AvgIpc) is 2.87. The van der Waals surface area contributed by atoms with Gasteiger partial charge in [0.2, 0.25) is 0 Å². The van der Waals surface area contributed by atoms with Crippen LogP contribution in [0.1, 0.15) is 24.9 Å². The van der Waals surface area contributed by atoms with Crippen LogP contribution >= 0.6 is 0 Å². The predicted octanol–water partition coefficient (Wildman–Crippen LogP) is 1.10. The summed E-state index contributed by atoms with van der Waals surface area (Å²) in [7, 11) is 0. The van der Waals surface area contributed by atoms with E-state index in [9.17, 15) is 9.90 Å². The monoisotopic (exact) mass is 279 g/mol. The van der Waals surface area contributed by atoms with Gasteiger partial charge in [-0.3, -0.25) is 9.69 Å². The van der Waals surface area contributed by atoms with Crippen LogP contribution in [0.15, 0.2) is 12.3 Å². The molecule has 0 spiro atoms. The van der Waals surface area contributed by atoms with Crippen molar-refractivity contribution in [2.75, 3.05) is 19.8 Å². The number of aromatic nitrogens is 2. The molecule has 0 saturated carbocycles. The molecule has 0 amide bonds. The molecule has 6 heteroatoms. The number of carboxylic acids is 1. The highest BCUT2D eigenvalue weighted by Gasteiger charge is 2.37. The maximum atomic E-state index is 11.3. The molecule has 2 heterocycles. The zero-order chi connectivity index (χ0) is 14.5. The van der Waals surface area contributed by atoms with E-state index in [1.807, 2.05) is 13.0 Å². The van der Waals surface area contributed by atoms with Crippen molar-refractivity contribution in [3.8, 4) is 0 Å². The Morgan fingerprint density at radius 2 is 2.35 bits per heavy atom. The summed E-state index contributed by atoms with van der Waals surface area (Å²) in [6.07, 6.45) is 2.70. The topological polar surface area (TPSA) is 75.5 Å². The molecule has 20 heavy (non-hydrogen) atoms. The summed E-state index contributed by atoms with van der Waals surface area (Å²) in [6, 6.07) is 1.80. The first-order chi connectivity index (χ1) is 9.61. The van der Waals surface area contributed by atoms with Gasteiger partial charge in [0, 0.05) is 18.8 Å². The van der Waals surface area contributed by atoms with Crippen molar-refractivity contribution in [1.82, 2.24) is 14.9 Å². The van der Waals surface area contributed by atoms with Crippen molar-refractivity contribution in [2.24, 2.45) is 5.92 Å². The van der Waals surface area contributed by atoms with Gasteiger partial charge >= 0.3 is 5.97 Å². The highest BCUT2D eigenvalue weighted by atomic mass is 16.5. The van der Waals surface area contributed by atoms with Crippen LogP contribution in [-0.2, 0) is 16.1 Å². The van der Waals surface area contributed by atoms with Crippen molar-refractivity contribution < 1.29 is 14.6 Å². The molecule has 0 aliphatic carbocycles. The van der Waals surface area contributed by atoms with Gasteiger partial charge in [-0.1, -0.05) is 6.92 Å². The van der Waals surface area contributed by atoms with Crippen molar-refractivity contribution >= 4 is 5.97 Å². The molecule has 0 aromatic carbocycles. The van der Waals surface area contributed by atoms with Crippen LogP contribution in [0, 0.1) is 12.8 Å². The summed E-state index contributed by atoms with van der Waals surface area (Å²) in [6.45, 7) is 6.18. The Morgan fingerprint density at radius 3 is 3.00 bits per heavy atom. The van der Waals surface area contributed by atoms with Crippen LogP contribution < -0.4 is 0 Å². The second-order valence-corrected chi connectivity index (χ2v) is 5.12. The highest BCUT2D eigenvalue weighted by Crippen LogP contribution is 2.22. The molecule has 1 aliphatic rings. The van der Waals surface area contributed by atoms with E-state index in [4.69, 9.17) is 4.74 Å². The van der Waals surface area contributed by atoms with Crippen LogP contribution in [0.2, 0.25) is 0 Å². The minimum atomic E-state index is -0.785. The summed E-state index contributed by atoms with van der Waals surface area (Å²) in [5.74, 6) is -0.506. The SMILES string of the molecule is CCCN(Cc1ccnc(C)n1)C1COCC1C(=O)O. The molecular weight excluding hydrogens is 258 g/mol. The first kappa shape index (κ1) is 14.9. The van der Waals surface area contributed by atoms with Gasteiger partial charge in [-0.15, -0.1) is 0 Å². The van der Waals surface area contributed by atoms with Crippen LogP contribution in [0.4, 0.5) is 0 Å². The minimum absolute atomic E-state index is 0.0808. The van der Waals surface area contributed by atoms with Gasteiger partial charge < -0.3 is 9.84 Å². The van der Waals surface area contributed by atoms with E-state index in [-0.39, 0.29) is 6.04 Å². The Kier molecular flexibility index (Phi) is 5.03. The van der Waals surface area contributed by atoms with E-state index in [2.05, 4.69) is 21.8 Å². The Bertz CT molecular complexity index is 467. The Morgan fingerprint density at radius 1 is 1.55 bits per heavy atom. The van der Waals surface area contributed by atoms with Crippen LogP contribution in [0.5, 0.6) is 0 Å². The molecule has 1 saturated heterocycles. The van der Waals surface area contributed by atoms with E-state index in [0.717, 1.165) is 24.5 Å². The van der Waals surface area contributed by atoms with Gasteiger partial charge in [-0.2, -0.15) is 0 Å². The van der Waals surface area contributed by atoms with Crippen molar-refractivity contribution in [3.05, 3.63) is 23.8 Å². The smallest absolute Gasteiger partial charge is 0.310 e. The summed E-state index contributed by atoms with van der Waals surface area (Å²) in [5, 5.41) is 9.28. The molecule has 6 nitrogen and oxygen atoms in total. The lowest BCUT2D eigenvalue weighted by molar-refractivity contribution is -0.143. The standard InChI is InChI=1S/C14H21N3O3/c1-3-6-17(7-11-4-5-15-10(2)16-11)13-9-20-8-12(13)14(18)19/h4-5,12-13H,3,6-9H2,1-2H3,(H,18,19). The third-order valence-electron chi connectivity index (χ3n) is 3.55. The van der Waals surface area contributed by atoms with Gasteiger partial charge in [-0.25, -0.2) is 9.97 Å². The number of aliphatic carboxylic acids is 1. The fourth-order valence-corrected chi connectivity index (χ4v) is 2.59. The highest BCUT2D eigenvalue weighted by molar-refractivity contribution is 5.71. The van der Waals surface area contributed by atoms with Gasteiger partial charge in [0.1, 0.15) is 5.82 Å². The third-order valence-corrected chi connectivity index (χ3v) is 3.55. The first-order valence-corrected chi connectivity index (χ1v) is 6.95. The fraction of sp³-hybridized carbons (Fsp3) is 0.643. The molecule has 2 unspecified atom stereocenters. The van der Waals surface area contributed by atoms with E-state index >= 15 is 0 Å². The van der Waals surface area contributed by atoms with E-state index in [0.29, 0.717) is 19.8 Å². The minimum Gasteiger partial charge on any atom is -0.481 e. The molecule has 1 N–H and O–H groups in total. The van der Waals surface area contributed by atoms with Crippen LogP contribution in [0.25, 0.3) is 0 Å². The van der Waals surface area contributed by atoms with Gasteiger partial charge in [0.05, 0.1) is 24.8 Å². The molecule has 1 fully saturated rings. The molecule has 2 atom stereocenters. The molecule has 110 valence electrons. The Balaban J connectivity index is 2.12. The number of hydrogen-bond donors (Lipinski definition) is 1. The quantitative estimate of drug-likeness (QED) is 0.840. The number of nitrogens with zero attached hydrogens (tertiary/aromatic N) is 3. The lowest BCUT2D eigenvalue weighted by Crippen LogP contribution is -2.43. The average molecular weight is 279 g/mol. The van der Waals surface area contributed by atoms with E-state index in [1.165, 1.54) is 0 Å². The zero-order valence-electron chi connectivity index (χ0n) is 12.0. The molecule has 1 aromatic rings. The van der Waals surface area contributed by atoms with Crippen LogP contribution in [-0.4, -0.2) is 51.7 Å². The summed E-state index contributed by atoms with van der Waals surface area (Å²) in [5.41, 5.74) is 0.919. The first-order valence-electron chi connectivity index (χ1n) is 6.95. The third kappa shape index (κ3) is 3.52. The van der Waals surface area contributed by atoms with E-state index < -0.39 is 11.9 Å². The second-order valence-electron chi connectivity index (χ2n) is 5.12. The number of ether oxygens (including phenoxy) is 1. The largest absolute Gasteiger partial charge is 0.481 e. The summed E-state index contributed by atoms with van der Waals surface area (Å²) >= 11 is 0. The predicted molar refractivity (Wildman–Crippen MR) is 73.2 cm³/mol. The number of aryl methyl sites for hydroxylation is 1. The normalized spacial score (nSPS) is 22.4. The van der Waals surface area contributed by atoms with Crippen molar-refractivity contribution in [3.63, 3.8) is 0 Å². The number of carbonyl (C=O) groups is 1. The lowest BCUT2D eigenvalue weighted by atomic mass is 10.0. The van der Waals surface area contributed by atoms with E-state index in [1.54, 1.807) is 6.20 Å².